The van der Waals surface area contributed by atoms with Crippen LogP contribution in [0.2, 0.25) is 0 Å². The van der Waals surface area contributed by atoms with Crippen molar-refractivity contribution in [3.8, 4) is 0 Å². The Hall–Kier alpha value is -0.0800. The molecule has 1 fully saturated rings. The Labute approximate surface area is 115 Å². The van der Waals surface area contributed by atoms with E-state index in [4.69, 9.17) is 0 Å². The van der Waals surface area contributed by atoms with Crippen molar-refractivity contribution in [3.05, 3.63) is 0 Å². The molecule has 2 heteroatoms. The Kier molecular flexibility index (Phi) is 6.13. The Morgan fingerprint density at radius 3 is 2.17 bits per heavy atom. The highest BCUT2D eigenvalue weighted by molar-refractivity contribution is 4.78. The maximum atomic E-state index is 3.56. The van der Waals surface area contributed by atoms with Crippen LogP contribution in [0.25, 0.3) is 0 Å². The van der Waals surface area contributed by atoms with Crippen LogP contribution in [-0.2, 0) is 0 Å². The molecule has 0 aromatic carbocycles. The number of piperidine rings is 1. The molecule has 0 aromatic rings. The highest BCUT2D eigenvalue weighted by atomic mass is 15.1. The molecule has 108 valence electrons. The summed E-state index contributed by atoms with van der Waals surface area (Å²) in [7, 11) is 0. The zero-order valence-corrected chi connectivity index (χ0v) is 13.3. The van der Waals surface area contributed by atoms with Gasteiger partial charge in [0.15, 0.2) is 0 Å². The fourth-order valence-electron chi connectivity index (χ4n) is 2.48. The van der Waals surface area contributed by atoms with Crippen LogP contribution < -0.4 is 5.32 Å². The minimum absolute atomic E-state index is 0.276. The van der Waals surface area contributed by atoms with E-state index in [9.17, 15) is 0 Å². The van der Waals surface area contributed by atoms with E-state index < -0.39 is 0 Å². The normalized spacial score (nSPS) is 21.2. The van der Waals surface area contributed by atoms with Crippen molar-refractivity contribution >= 4 is 0 Å². The first-order valence-electron chi connectivity index (χ1n) is 7.76. The van der Waals surface area contributed by atoms with Gasteiger partial charge in [-0.15, -0.1) is 0 Å². The van der Waals surface area contributed by atoms with E-state index in [0.717, 1.165) is 6.54 Å². The lowest BCUT2D eigenvalue weighted by molar-refractivity contribution is 0.131. The van der Waals surface area contributed by atoms with Gasteiger partial charge in [0.25, 0.3) is 0 Å². The summed E-state index contributed by atoms with van der Waals surface area (Å²) in [6.07, 6.45) is 6.79. The van der Waals surface area contributed by atoms with Crippen molar-refractivity contribution < 1.29 is 0 Å². The number of nitrogens with zero attached hydrogens (tertiary/aromatic N) is 1. The van der Waals surface area contributed by atoms with Crippen LogP contribution in [0.3, 0.4) is 0 Å². The zero-order chi connectivity index (χ0) is 13.6. The summed E-state index contributed by atoms with van der Waals surface area (Å²) in [4.78, 5) is 2.66. The fourth-order valence-corrected chi connectivity index (χ4v) is 2.48. The Morgan fingerprint density at radius 2 is 1.61 bits per heavy atom. The molecule has 18 heavy (non-hydrogen) atoms. The molecule has 0 amide bonds. The predicted molar refractivity (Wildman–Crippen MR) is 81.1 cm³/mol. The largest absolute Gasteiger partial charge is 0.312 e. The first kappa shape index (κ1) is 16.0. The molecule has 0 bridgehead atoms. The van der Waals surface area contributed by atoms with E-state index in [1.165, 1.54) is 51.7 Å². The summed E-state index contributed by atoms with van der Waals surface area (Å²) in [6, 6.07) is 0. The van der Waals surface area contributed by atoms with Gasteiger partial charge in [0, 0.05) is 5.54 Å². The van der Waals surface area contributed by atoms with Gasteiger partial charge in [-0.05, 0) is 78.0 Å². The van der Waals surface area contributed by atoms with Gasteiger partial charge >= 0.3 is 0 Å². The fraction of sp³-hybridized carbons (Fsp3) is 1.00. The van der Waals surface area contributed by atoms with Gasteiger partial charge in [0.1, 0.15) is 0 Å². The van der Waals surface area contributed by atoms with Crippen LogP contribution in [-0.4, -0.2) is 36.6 Å². The molecule has 0 spiro atoms. The van der Waals surface area contributed by atoms with Gasteiger partial charge < -0.3 is 10.2 Å². The number of likely N-dealkylation sites (tertiary alicyclic amines) is 1. The molecule has 1 saturated heterocycles. The highest BCUT2D eigenvalue weighted by Crippen LogP contribution is 2.29. The van der Waals surface area contributed by atoms with Crippen LogP contribution in [0.15, 0.2) is 0 Å². The van der Waals surface area contributed by atoms with Crippen LogP contribution in [0.5, 0.6) is 0 Å². The van der Waals surface area contributed by atoms with E-state index in [0.29, 0.717) is 5.41 Å². The second-order valence-corrected chi connectivity index (χ2v) is 7.74. The van der Waals surface area contributed by atoms with Crippen molar-refractivity contribution in [1.82, 2.24) is 10.2 Å². The van der Waals surface area contributed by atoms with E-state index in [2.05, 4.69) is 44.8 Å². The molecule has 1 aliphatic heterocycles. The summed E-state index contributed by atoms with van der Waals surface area (Å²) in [5.41, 5.74) is 0.867. The summed E-state index contributed by atoms with van der Waals surface area (Å²) < 4.78 is 0. The number of hydrogen-bond acceptors (Lipinski definition) is 2. The lowest BCUT2D eigenvalue weighted by atomic mass is 9.82. The highest BCUT2D eigenvalue weighted by Gasteiger charge is 2.24. The van der Waals surface area contributed by atoms with E-state index >= 15 is 0 Å². The molecule has 0 atom stereocenters. The van der Waals surface area contributed by atoms with Gasteiger partial charge in [-0.3, -0.25) is 0 Å². The van der Waals surface area contributed by atoms with Gasteiger partial charge in [0.05, 0.1) is 0 Å². The molecule has 0 radical (unpaired) electrons. The van der Waals surface area contributed by atoms with Crippen LogP contribution in [0.1, 0.15) is 66.7 Å². The molecule has 2 nitrogen and oxygen atoms in total. The number of rotatable bonds is 6. The molecule has 0 aromatic heterocycles. The third kappa shape index (κ3) is 7.38. The third-order valence-corrected chi connectivity index (χ3v) is 4.02. The number of unbranched alkanes of at least 4 members (excludes halogenated alkanes) is 2. The van der Waals surface area contributed by atoms with Gasteiger partial charge in [0.2, 0.25) is 0 Å². The number of nitrogens with one attached hydrogen (secondary N) is 1. The second kappa shape index (κ2) is 6.91. The van der Waals surface area contributed by atoms with Crippen molar-refractivity contribution in [1.29, 1.82) is 0 Å². The number of hydrogen-bond donors (Lipinski definition) is 1. The zero-order valence-electron chi connectivity index (χ0n) is 13.3. The average Bonchev–Trinajstić information content (AvgIpc) is 2.23. The Morgan fingerprint density at radius 1 is 1.00 bits per heavy atom. The molecule has 0 aliphatic carbocycles. The maximum Gasteiger partial charge on any atom is 0.00965 e. The smallest absolute Gasteiger partial charge is 0.00965 e. The lowest BCUT2D eigenvalue weighted by Crippen LogP contribution is -2.38. The van der Waals surface area contributed by atoms with Gasteiger partial charge in [-0.1, -0.05) is 20.3 Å². The van der Waals surface area contributed by atoms with Crippen molar-refractivity contribution in [2.24, 2.45) is 5.41 Å². The van der Waals surface area contributed by atoms with E-state index in [-0.39, 0.29) is 5.54 Å². The lowest BCUT2D eigenvalue weighted by Gasteiger charge is -2.36. The summed E-state index contributed by atoms with van der Waals surface area (Å²) in [5.74, 6) is 0. The molecule has 1 rings (SSSR count). The maximum absolute atomic E-state index is 3.56. The predicted octanol–water partition coefficient (Wildman–Crippen LogP) is 3.67. The monoisotopic (exact) mass is 254 g/mol. The van der Waals surface area contributed by atoms with E-state index in [1.807, 2.05) is 0 Å². The first-order valence-corrected chi connectivity index (χ1v) is 7.76. The quantitative estimate of drug-likeness (QED) is 0.728. The Bertz CT molecular complexity index is 218. The minimum Gasteiger partial charge on any atom is -0.312 e. The minimum atomic E-state index is 0.276. The summed E-state index contributed by atoms with van der Waals surface area (Å²) >= 11 is 0. The third-order valence-electron chi connectivity index (χ3n) is 4.02. The van der Waals surface area contributed by atoms with Crippen LogP contribution in [0.4, 0.5) is 0 Å². The van der Waals surface area contributed by atoms with Gasteiger partial charge in [-0.25, -0.2) is 0 Å². The van der Waals surface area contributed by atoms with Gasteiger partial charge in [-0.2, -0.15) is 0 Å². The van der Waals surface area contributed by atoms with Crippen LogP contribution >= 0.6 is 0 Å². The first-order chi connectivity index (χ1) is 8.29. The average molecular weight is 254 g/mol. The summed E-state index contributed by atoms with van der Waals surface area (Å²) in [6.45, 7) is 16.6. The molecule has 1 N–H and O–H groups in total. The van der Waals surface area contributed by atoms with Crippen molar-refractivity contribution in [2.75, 3.05) is 26.2 Å². The Balaban J connectivity index is 1.96. The second-order valence-electron chi connectivity index (χ2n) is 7.74. The molecule has 0 saturated carbocycles. The van der Waals surface area contributed by atoms with Crippen molar-refractivity contribution in [2.45, 2.75) is 72.3 Å². The topological polar surface area (TPSA) is 15.3 Å². The molecule has 1 heterocycles. The SMILES string of the molecule is CC1(C)CCN(CCCCCNC(C)(C)C)CC1. The molecule has 1 aliphatic rings. The van der Waals surface area contributed by atoms with E-state index in [1.54, 1.807) is 0 Å². The molecular formula is C16H34N2. The van der Waals surface area contributed by atoms with Crippen molar-refractivity contribution in [3.63, 3.8) is 0 Å². The summed E-state index contributed by atoms with van der Waals surface area (Å²) in [5, 5.41) is 3.56. The molecule has 0 unspecified atom stereocenters. The molecular weight excluding hydrogens is 220 g/mol. The van der Waals surface area contributed by atoms with Crippen LogP contribution in [0, 0.1) is 5.41 Å². The standard InChI is InChI=1S/C16H34N2/c1-15(2,3)17-11-7-6-8-12-18-13-9-16(4,5)10-14-18/h17H,6-14H2,1-5H3.